The molecule has 3 aromatic carbocycles. The van der Waals surface area contributed by atoms with Crippen molar-refractivity contribution in [2.24, 2.45) is 0 Å². The minimum absolute atomic E-state index is 0.0875. The number of benzene rings is 3. The summed E-state index contributed by atoms with van der Waals surface area (Å²) in [6.07, 6.45) is 0.532. The average Bonchev–Trinajstić information content (AvgIpc) is 2.87. The van der Waals surface area contributed by atoms with Crippen LogP contribution in [0.3, 0.4) is 0 Å². The highest BCUT2D eigenvalue weighted by Gasteiger charge is 2.32. The topological polar surface area (TPSA) is 86.8 Å². The van der Waals surface area contributed by atoms with E-state index in [2.05, 4.69) is 5.32 Å². The van der Waals surface area contributed by atoms with Gasteiger partial charge in [0.1, 0.15) is 12.6 Å². The standard InChI is InChI=1S/C27H31N3O4S/c1-21-11-10-14-24(19-21)30(35(33,34)25-15-8-5-9-16-25)20-26(31)29(22(2)27(32)28-3)18-17-23-12-6-4-7-13-23/h4-16,19,22H,17-18,20H2,1-3H3,(H,28,32)/t22-/m0/s1. The molecule has 0 saturated heterocycles. The molecular formula is C27H31N3O4S. The van der Waals surface area contributed by atoms with Gasteiger partial charge in [0, 0.05) is 13.6 Å². The van der Waals surface area contributed by atoms with Crippen LogP contribution in [0.5, 0.6) is 0 Å². The quantitative estimate of drug-likeness (QED) is 0.469. The molecule has 35 heavy (non-hydrogen) atoms. The van der Waals surface area contributed by atoms with Crippen LogP contribution in [0.25, 0.3) is 0 Å². The van der Waals surface area contributed by atoms with Crippen molar-refractivity contribution in [1.29, 1.82) is 0 Å². The Hall–Kier alpha value is -3.65. The van der Waals surface area contributed by atoms with E-state index in [1.54, 1.807) is 43.3 Å². The molecule has 0 aromatic heterocycles. The van der Waals surface area contributed by atoms with Crippen molar-refractivity contribution < 1.29 is 18.0 Å². The van der Waals surface area contributed by atoms with Crippen molar-refractivity contribution in [1.82, 2.24) is 10.2 Å². The maximum absolute atomic E-state index is 13.6. The lowest BCUT2D eigenvalue weighted by molar-refractivity contribution is -0.138. The molecule has 3 rings (SSSR count). The van der Waals surface area contributed by atoms with Gasteiger partial charge >= 0.3 is 0 Å². The highest BCUT2D eigenvalue weighted by atomic mass is 32.2. The molecule has 0 unspecified atom stereocenters. The van der Waals surface area contributed by atoms with Crippen LogP contribution >= 0.6 is 0 Å². The Morgan fingerprint density at radius 1 is 0.914 bits per heavy atom. The van der Waals surface area contributed by atoms with Gasteiger partial charge in [0.25, 0.3) is 10.0 Å². The fourth-order valence-electron chi connectivity index (χ4n) is 3.81. The van der Waals surface area contributed by atoms with Gasteiger partial charge in [-0.15, -0.1) is 0 Å². The van der Waals surface area contributed by atoms with Crippen LogP contribution in [0.1, 0.15) is 18.1 Å². The molecule has 0 aliphatic rings. The summed E-state index contributed by atoms with van der Waals surface area (Å²) < 4.78 is 28.3. The Kier molecular flexibility index (Phi) is 8.65. The van der Waals surface area contributed by atoms with Crippen LogP contribution in [0, 0.1) is 6.92 Å². The van der Waals surface area contributed by atoms with Gasteiger partial charge in [0.15, 0.2) is 0 Å². The summed E-state index contributed by atoms with van der Waals surface area (Å²) in [4.78, 5) is 27.6. The SMILES string of the molecule is CNC(=O)[C@H](C)N(CCc1ccccc1)C(=O)CN(c1cccc(C)c1)S(=O)(=O)c1ccccc1. The van der Waals surface area contributed by atoms with Crippen LogP contribution in [-0.2, 0) is 26.0 Å². The fraction of sp³-hybridized carbons (Fsp3) is 0.259. The second-order valence-corrected chi connectivity index (χ2v) is 10.1. The third-order valence-corrected chi connectivity index (χ3v) is 7.59. The number of anilines is 1. The number of likely N-dealkylation sites (N-methyl/N-ethyl adjacent to an activating group) is 1. The number of hydrogen-bond acceptors (Lipinski definition) is 4. The summed E-state index contributed by atoms with van der Waals surface area (Å²) in [6, 6.07) is 23.9. The Morgan fingerprint density at radius 2 is 1.54 bits per heavy atom. The lowest BCUT2D eigenvalue weighted by Gasteiger charge is -2.31. The number of nitrogens with zero attached hydrogens (tertiary/aromatic N) is 2. The Balaban J connectivity index is 1.96. The molecule has 0 spiro atoms. The summed E-state index contributed by atoms with van der Waals surface area (Å²) in [5.74, 6) is -0.780. The molecule has 0 aliphatic heterocycles. The molecule has 2 amide bonds. The zero-order valence-corrected chi connectivity index (χ0v) is 21.0. The van der Waals surface area contributed by atoms with Crippen molar-refractivity contribution in [2.45, 2.75) is 31.2 Å². The zero-order chi connectivity index (χ0) is 25.4. The van der Waals surface area contributed by atoms with Crippen molar-refractivity contribution in [3.63, 3.8) is 0 Å². The zero-order valence-electron chi connectivity index (χ0n) is 20.2. The monoisotopic (exact) mass is 493 g/mol. The summed E-state index contributed by atoms with van der Waals surface area (Å²) >= 11 is 0. The minimum atomic E-state index is -4.03. The smallest absolute Gasteiger partial charge is 0.264 e. The first-order valence-electron chi connectivity index (χ1n) is 11.4. The highest BCUT2D eigenvalue weighted by Crippen LogP contribution is 2.25. The van der Waals surface area contributed by atoms with Crippen LogP contribution in [0.2, 0.25) is 0 Å². The highest BCUT2D eigenvalue weighted by molar-refractivity contribution is 7.92. The molecular weight excluding hydrogens is 462 g/mol. The van der Waals surface area contributed by atoms with E-state index in [1.165, 1.54) is 24.1 Å². The van der Waals surface area contributed by atoms with Gasteiger partial charge in [0.05, 0.1) is 10.6 Å². The van der Waals surface area contributed by atoms with Crippen LogP contribution < -0.4 is 9.62 Å². The Labute approximate surface area is 207 Å². The molecule has 7 nitrogen and oxygen atoms in total. The van der Waals surface area contributed by atoms with Crippen LogP contribution in [0.15, 0.2) is 89.8 Å². The predicted molar refractivity (Wildman–Crippen MR) is 138 cm³/mol. The van der Waals surface area contributed by atoms with Crippen molar-refractivity contribution in [3.8, 4) is 0 Å². The number of amides is 2. The van der Waals surface area contributed by atoms with Gasteiger partial charge in [-0.25, -0.2) is 8.42 Å². The molecule has 3 aromatic rings. The molecule has 8 heteroatoms. The van der Waals surface area contributed by atoms with E-state index >= 15 is 0 Å². The molecule has 1 N–H and O–H groups in total. The Bertz CT molecular complexity index is 1250. The predicted octanol–water partition coefficient (Wildman–Crippen LogP) is 3.40. The molecule has 0 radical (unpaired) electrons. The average molecular weight is 494 g/mol. The van der Waals surface area contributed by atoms with Crippen LogP contribution in [0.4, 0.5) is 5.69 Å². The summed E-state index contributed by atoms with van der Waals surface area (Å²) in [7, 11) is -2.52. The molecule has 0 aliphatic carbocycles. The van der Waals surface area contributed by atoms with E-state index in [1.807, 2.05) is 43.3 Å². The van der Waals surface area contributed by atoms with Gasteiger partial charge in [-0.05, 0) is 55.7 Å². The van der Waals surface area contributed by atoms with Gasteiger partial charge in [-0.1, -0.05) is 60.7 Å². The van der Waals surface area contributed by atoms with Crippen molar-refractivity contribution >= 4 is 27.5 Å². The molecule has 184 valence electrons. The summed E-state index contributed by atoms with van der Waals surface area (Å²) in [5, 5.41) is 2.58. The molecule has 0 bridgehead atoms. The van der Waals surface area contributed by atoms with E-state index in [-0.39, 0.29) is 17.3 Å². The van der Waals surface area contributed by atoms with Crippen LogP contribution in [-0.4, -0.2) is 51.3 Å². The molecule has 0 saturated carbocycles. The van der Waals surface area contributed by atoms with E-state index in [4.69, 9.17) is 0 Å². The number of aryl methyl sites for hydroxylation is 1. The summed E-state index contributed by atoms with van der Waals surface area (Å²) in [5.41, 5.74) is 2.27. The van der Waals surface area contributed by atoms with Gasteiger partial charge in [-0.3, -0.25) is 13.9 Å². The fourth-order valence-corrected chi connectivity index (χ4v) is 5.24. The maximum Gasteiger partial charge on any atom is 0.264 e. The first-order chi connectivity index (χ1) is 16.7. The third kappa shape index (κ3) is 6.48. The van der Waals surface area contributed by atoms with E-state index in [0.717, 1.165) is 15.4 Å². The van der Waals surface area contributed by atoms with Crippen molar-refractivity contribution in [2.75, 3.05) is 24.4 Å². The van der Waals surface area contributed by atoms with Crippen molar-refractivity contribution in [3.05, 3.63) is 96.1 Å². The van der Waals surface area contributed by atoms with E-state index in [0.29, 0.717) is 12.1 Å². The van der Waals surface area contributed by atoms with E-state index in [9.17, 15) is 18.0 Å². The maximum atomic E-state index is 13.6. The first-order valence-corrected chi connectivity index (χ1v) is 12.9. The molecule has 0 heterocycles. The van der Waals surface area contributed by atoms with Gasteiger partial charge < -0.3 is 10.2 Å². The number of rotatable bonds is 10. The number of carbonyl (C=O) groups excluding carboxylic acids is 2. The largest absolute Gasteiger partial charge is 0.357 e. The second-order valence-electron chi connectivity index (χ2n) is 8.28. The Morgan fingerprint density at radius 3 is 2.14 bits per heavy atom. The number of carbonyl (C=O) groups is 2. The molecule has 1 atom stereocenters. The first kappa shape index (κ1) is 26.0. The normalized spacial score (nSPS) is 12.0. The number of nitrogens with one attached hydrogen (secondary N) is 1. The van der Waals surface area contributed by atoms with Gasteiger partial charge in [0.2, 0.25) is 11.8 Å². The number of sulfonamides is 1. The summed E-state index contributed by atoms with van der Waals surface area (Å²) in [6.45, 7) is 3.34. The third-order valence-electron chi connectivity index (χ3n) is 5.80. The lowest BCUT2D eigenvalue weighted by Crippen LogP contribution is -2.51. The second kappa shape index (κ2) is 11.7. The van der Waals surface area contributed by atoms with E-state index < -0.39 is 28.5 Å². The minimum Gasteiger partial charge on any atom is -0.357 e. The molecule has 0 fully saturated rings. The number of hydrogen-bond donors (Lipinski definition) is 1. The van der Waals surface area contributed by atoms with Gasteiger partial charge in [-0.2, -0.15) is 0 Å². The lowest BCUT2D eigenvalue weighted by atomic mass is 10.1.